The fraction of sp³-hybridized carbons (Fsp3) is 0.364. The molecule has 1 aliphatic heterocycles. The molecule has 0 aliphatic carbocycles. The van der Waals surface area contributed by atoms with E-state index in [-0.39, 0.29) is 0 Å². The van der Waals surface area contributed by atoms with E-state index in [1.165, 1.54) is 16.7 Å². The summed E-state index contributed by atoms with van der Waals surface area (Å²) in [6, 6.07) is 22.1. The van der Waals surface area contributed by atoms with Crippen molar-refractivity contribution < 1.29 is 0 Å². The highest BCUT2D eigenvalue weighted by Crippen LogP contribution is 2.18. The molecule has 0 spiro atoms. The molecule has 0 bridgehead atoms. The molecule has 2 heteroatoms. The van der Waals surface area contributed by atoms with Crippen LogP contribution in [0.25, 0.3) is 0 Å². The zero-order chi connectivity index (χ0) is 16.8. The van der Waals surface area contributed by atoms with Crippen LogP contribution in [0.2, 0.25) is 0 Å². The van der Waals surface area contributed by atoms with E-state index in [9.17, 15) is 0 Å². The average molecular weight is 320 g/mol. The number of nitrogens with zero attached hydrogens (tertiary/aromatic N) is 2. The van der Waals surface area contributed by atoms with Gasteiger partial charge in [-0.3, -0.25) is 9.80 Å². The Morgan fingerprint density at radius 3 is 2.04 bits per heavy atom. The van der Waals surface area contributed by atoms with Crippen LogP contribution in [0, 0.1) is 0 Å². The lowest BCUT2D eigenvalue weighted by atomic mass is 10.1. The summed E-state index contributed by atoms with van der Waals surface area (Å²) in [5.41, 5.74) is 4.21. The molecule has 1 aliphatic rings. The first-order valence-corrected chi connectivity index (χ1v) is 8.90. The monoisotopic (exact) mass is 320 g/mol. The minimum Gasteiger partial charge on any atom is -0.296 e. The number of allylic oxidation sites excluding steroid dienone is 1. The smallest absolute Gasteiger partial charge is 0.0412 e. The molecule has 1 heterocycles. The third kappa shape index (κ3) is 4.80. The Labute approximate surface area is 146 Å². The van der Waals surface area contributed by atoms with Crippen LogP contribution in [0.1, 0.15) is 25.0 Å². The number of rotatable bonds is 5. The van der Waals surface area contributed by atoms with Crippen molar-refractivity contribution in [2.45, 2.75) is 33.0 Å². The van der Waals surface area contributed by atoms with Gasteiger partial charge in [0.05, 0.1) is 0 Å². The standard InChI is InChI=1S/C22H28N2/c1-19(2)15-22-18-23(16-20-9-5-3-6-10-20)13-14-24(22)17-21-11-7-4-8-12-21/h3-12,15,22H,13-14,16-18H2,1-2H3. The van der Waals surface area contributed by atoms with E-state index < -0.39 is 0 Å². The molecule has 24 heavy (non-hydrogen) atoms. The van der Waals surface area contributed by atoms with E-state index in [2.05, 4.69) is 90.4 Å². The Bertz CT molecular complexity index is 644. The van der Waals surface area contributed by atoms with Gasteiger partial charge < -0.3 is 0 Å². The predicted octanol–water partition coefficient (Wildman–Crippen LogP) is 4.34. The van der Waals surface area contributed by atoms with Crippen LogP contribution < -0.4 is 0 Å². The third-order valence-electron chi connectivity index (χ3n) is 4.62. The van der Waals surface area contributed by atoms with E-state index in [0.717, 1.165) is 32.7 Å². The van der Waals surface area contributed by atoms with E-state index in [4.69, 9.17) is 0 Å². The van der Waals surface area contributed by atoms with Crippen LogP contribution in [0.15, 0.2) is 72.3 Å². The van der Waals surface area contributed by atoms with Crippen LogP contribution in [-0.4, -0.2) is 35.5 Å². The first kappa shape index (κ1) is 16.9. The molecule has 1 saturated heterocycles. The largest absolute Gasteiger partial charge is 0.296 e. The molecule has 2 nitrogen and oxygen atoms in total. The molecule has 126 valence electrons. The number of hydrogen-bond donors (Lipinski definition) is 0. The first-order chi connectivity index (χ1) is 11.7. The summed E-state index contributed by atoms with van der Waals surface area (Å²) in [5, 5.41) is 0. The van der Waals surface area contributed by atoms with Crippen LogP contribution in [0.5, 0.6) is 0 Å². The van der Waals surface area contributed by atoms with Crippen molar-refractivity contribution >= 4 is 0 Å². The van der Waals surface area contributed by atoms with Gasteiger partial charge in [-0.15, -0.1) is 0 Å². The van der Waals surface area contributed by atoms with Gasteiger partial charge in [0.2, 0.25) is 0 Å². The maximum absolute atomic E-state index is 2.61. The van der Waals surface area contributed by atoms with Crippen LogP contribution >= 0.6 is 0 Å². The molecule has 1 unspecified atom stereocenters. The fourth-order valence-corrected chi connectivity index (χ4v) is 3.45. The average Bonchev–Trinajstić information content (AvgIpc) is 2.59. The highest BCUT2D eigenvalue weighted by molar-refractivity contribution is 5.17. The Morgan fingerprint density at radius 2 is 1.46 bits per heavy atom. The van der Waals surface area contributed by atoms with Crippen LogP contribution in [0.4, 0.5) is 0 Å². The summed E-state index contributed by atoms with van der Waals surface area (Å²) in [7, 11) is 0. The van der Waals surface area contributed by atoms with Crippen molar-refractivity contribution in [1.82, 2.24) is 9.80 Å². The molecule has 2 aromatic rings. The maximum atomic E-state index is 2.61. The molecule has 0 N–H and O–H groups in total. The van der Waals surface area contributed by atoms with Gasteiger partial charge in [0.1, 0.15) is 0 Å². The summed E-state index contributed by atoms with van der Waals surface area (Å²) in [4.78, 5) is 5.20. The second kappa shape index (κ2) is 8.27. The maximum Gasteiger partial charge on any atom is 0.0412 e. The number of hydrogen-bond acceptors (Lipinski definition) is 2. The van der Waals surface area contributed by atoms with Crippen molar-refractivity contribution in [3.8, 4) is 0 Å². The number of piperazine rings is 1. The predicted molar refractivity (Wildman–Crippen MR) is 102 cm³/mol. The zero-order valence-corrected chi connectivity index (χ0v) is 14.9. The van der Waals surface area contributed by atoms with Crippen LogP contribution in [-0.2, 0) is 13.1 Å². The van der Waals surface area contributed by atoms with Crippen molar-refractivity contribution in [2.24, 2.45) is 0 Å². The van der Waals surface area contributed by atoms with Gasteiger partial charge in [0, 0.05) is 38.8 Å². The van der Waals surface area contributed by atoms with Crippen molar-refractivity contribution in [3.63, 3.8) is 0 Å². The molecular weight excluding hydrogens is 292 g/mol. The molecule has 3 rings (SSSR count). The molecule has 1 atom stereocenters. The van der Waals surface area contributed by atoms with E-state index >= 15 is 0 Å². The van der Waals surface area contributed by atoms with Crippen molar-refractivity contribution in [2.75, 3.05) is 19.6 Å². The van der Waals surface area contributed by atoms with E-state index in [1.807, 2.05) is 0 Å². The molecule has 1 fully saturated rings. The zero-order valence-electron chi connectivity index (χ0n) is 14.9. The highest BCUT2D eigenvalue weighted by atomic mass is 15.3. The van der Waals surface area contributed by atoms with E-state index in [0.29, 0.717) is 6.04 Å². The molecule has 0 aromatic heterocycles. The molecule has 0 radical (unpaired) electrons. The Morgan fingerprint density at radius 1 is 0.875 bits per heavy atom. The summed E-state index contributed by atoms with van der Waals surface area (Å²) in [6.07, 6.45) is 2.43. The van der Waals surface area contributed by atoms with Gasteiger partial charge in [-0.1, -0.05) is 72.3 Å². The van der Waals surface area contributed by atoms with Crippen LogP contribution in [0.3, 0.4) is 0 Å². The molecule has 0 amide bonds. The summed E-state index contributed by atoms with van der Waals surface area (Å²) < 4.78 is 0. The van der Waals surface area contributed by atoms with Gasteiger partial charge in [-0.05, 0) is 25.0 Å². The molecular formula is C22H28N2. The lowest BCUT2D eigenvalue weighted by Gasteiger charge is -2.40. The minimum absolute atomic E-state index is 0.493. The SMILES string of the molecule is CC(C)=CC1CN(Cc2ccccc2)CCN1Cc1ccccc1. The first-order valence-electron chi connectivity index (χ1n) is 8.90. The fourth-order valence-electron chi connectivity index (χ4n) is 3.45. The highest BCUT2D eigenvalue weighted by Gasteiger charge is 2.25. The normalized spacial score (nSPS) is 19.2. The molecule has 0 saturated carbocycles. The summed E-state index contributed by atoms with van der Waals surface area (Å²) >= 11 is 0. The third-order valence-corrected chi connectivity index (χ3v) is 4.62. The quantitative estimate of drug-likeness (QED) is 0.756. The van der Waals surface area contributed by atoms with E-state index in [1.54, 1.807) is 0 Å². The topological polar surface area (TPSA) is 6.48 Å². The second-order valence-corrected chi connectivity index (χ2v) is 6.99. The van der Waals surface area contributed by atoms with Gasteiger partial charge in [-0.25, -0.2) is 0 Å². The minimum atomic E-state index is 0.493. The number of benzene rings is 2. The van der Waals surface area contributed by atoms with Gasteiger partial charge in [-0.2, -0.15) is 0 Å². The van der Waals surface area contributed by atoms with Gasteiger partial charge in [0.15, 0.2) is 0 Å². The summed E-state index contributed by atoms with van der Waals surface area (Å²) in [6.45, 7) is 9.85. The Balaban J connectivity index is 1.67. The lowest BCUT2D eigenvalue weighted by Crippen LogP contribution is -2.51. The van der Waals surface area contributed by atoms with Gasteiger partial charge in [0.25, 0.3) is 0 Å². The molecule has 2 aromatic carbocycles. The van der Waals surface area contributed by atoms with Crippen molar-refractivity contribution in [1.29, 1.82) is 0 Å². The summed E-state index contributed by atoms with van der Waals surface area (Å²) in [5.74, 6) is 0. The van der Waals surface area contributed by atoms with Gasteiger partial charge >= 0.3 is 0 Å². The Kier molecular flexibility index (Phi) is 5.84. The Hall–Kier alpha value is -1.90. The second-order valence-electron chi connectivity index (χ2n) is 6.99. The van der Waals surface area contributed by atoms with Crippen molar-refractivity contribution in [3.05, 3.63) is 83.4 Å². The lowest BCUT2D eigenvalue weighted by molar-refractivity contribution is 0.0864.